The molecular weight excluding hydrogens is 271 g/mol. The van der Waals surface area contributed by atoms with Gasteiger partial charge in [-0.2, -0.15) is 4.39 Å². The van der Waals surface area contributed by atoms with Crippen LogP contribution in [0.3, 0.4) is 0 Å². The molecule has 20 heavy (non-hydrogen) atoms. The van der Waals surface area contributed by atoms with Crippen LogP contribution in [0.5, 0.6) is 0 Å². The van der Waals surface area contributed by atoms with E-state index in [1.165, 1.54) is 6.08 Å². The van der Waals surface area contributed by atoms with Crippen LogP contribution < -0.4 is 0 Å². The Bertz CT molecular complexity index is 573. The average Bonchev–Trinajstić information content (AvgIpc) is 2.36. The van der Waals surface area contributed by atoms with Gasteiger partial charge in [-0.15, -0.1) is 6.58 Å². The molecule has 0 heterocycles. The van der Waals surface area contributed by atoms with Crippen molar-refractivity contribution in [2.45, 2.75) is 0 Å². The van der Waals surface area contributed by atoms with E-state index < -0.39 is 34.8 Å². The minimum Gasteiger partial charge on any atom is -0.480 e. The lowest BCUT2D eigenvalue weighted by Crippen LogP contribution is -2.35. The second-order valence-corrected chi connectivity index (χ2v) is 3.79. The van der Waals surface area contributed by atoms with Crippen LogP contribution in [0.25, 0.3) is 0 Å². The van der Waals surface area contributed by atoms with E-state index in [-0.39, 0.29) is 12.1 Å². The molecule has 1 aromatic carbocycles. The average molecular weight is 282 g/mol. The largest absolute Gasteiger partial charge is 0.480 e. The topological polar surface area (TPSA) is 101 Å². The van der Waals surface area contributed by atoms with Gasteiger partial charge >= 0.3 is 11.7 Å². The number of nitrogens with zero attached hydrogens (tertiary/aromatic N) is 2. The predicted molar refractivity (Wildman–Crippen MR) is 66.8 cm³/mol. The molecule has 0 saturated carbocycles. The normalized spacial score (nSPS) is 9.85. The molecule has 1 amide bonds. The van der Waals surface area contributed by atoms with Gasteiger partial charge in [-0.3, -0.25) is 19.7 Å². The summed E-state index contributed by atoms with van der Waals surface area (Å²) in [7, 11) is 0. The molecule has 0 aromatic heterocycles. The van der Waals surface area contributed by atoms with E-state index in [2.05, 4.69) is 6.58 Å². The molecule has 0 saturated heterocycles. The Hall–Kier alpha value is -2.77. The van der Waals surface area contributed by atoms with E-state index in [1.807, 2.05) is 0 Å². The summed E-state index contributed by atoms with van der Waals surface area (Å²) >= 11 is 0. The molecule has 1 aromatic rings. The number of hydrogen-bond acceptors (Lipinski definition) is 4. The molecular formula is C12H11FN2O5. The van der Waals surface area contributed by atoms with E-state index in [9.17, 15) is 24.1 Å². The van der Waals surface area contributed by atoms with Gasteiger partial charge < -0.3 is 10.0 Å². The van der Waals surface area contributed by atoms with Gasteiger partial charge in [0.1, 0.15) is 6.54 Å². The number of aliphatic carboxylic acids is 1. The highest BCUT2D eigenvalue weighted by Gasteiger charge is 2.21. The molecule has 0 atom stereocenters. The maximum atomic E-state index is 13.4. The van der Waals surface area contributed by atoms with Gasteiger partial charge in [-0.05, 0) is 12.1 Å². The lowest BCUT2D eigenvalue weighted by molar-refractivity contribution is -0.387. The lowest BCUT2D eigenvalue weighted by atomic mass is 10.1. The first-order valence-corrected chi connectivity index (χ1v) is 5.42. The SMILES string of the molecule is C=CCN(CC(=O)O)C(=O)c1ccc([N+](=O)[O-])c(F)c1. The van der Waals surface area contributed by atoms with Crippen molar-refractivity contribution in [1.29, 1.82) is 0 Å². The van der Waals surface area contributed by atoms with Crippen LogP contribution in [0.15, 0.2) is 30.9 Å². The van der Waals surface area contributed by atoms with E-state index in [4.69, 9.17) is 5.11 Å². The van der Waals surface area contributed by atoms with Crippen LogP contribution >= 0.6 is 0 Å². The molecule has 0 bridgehead atoms. The molecule has 7 nitrogen and oxygen atoms in total. The van der Waals surface area contributed by atoms with Crippen LogP contribution in [0.2, 0.25) is 0 Å². The minimum absolute atomic E-state index is 0.0380. The molecule has 106 valence electrons. The van der Waals surface area contributed by atoms with Gasteiger partial charge in [-0.1, -0.05) is 6.08 Å². The number of amides is 1. The Morgan fingerprint density at radius 1 is 1.50 bits per heavy atom. The molecule has 1 rings (SSSR count). The second kappa shape index (κ2) is 6.41. The summed E-state index contributed by atoms with van der Waals surface area (Å²) in [5.74, 6) is -3.14. The first-order valence-electron chi connectivity index (χ1n) is 5.42. The maximum absolute atomic E-state index is 13.4. The number of rotatable bonds is 6. The molecule has 0 aliphatic heterocycles. The van der Waals surface area contributed by atoms with Gasteiger partial charge in [0.2, 0.25) is 5.82 Å². The van der Waals surface area contributed by atoms with Gasteiger partial charge in [0.05, 0.1) is 4.92 Å². The molecule has 8 heteroatoms. The number of carbonyl (C=O) groups is 2. The molecule has 0 unspecified atom stereocenters. The highest BCUT2D eigenvalue weighted by Crippen LogP contribution is 2.19. The fourth-order valence-corrected chi connectivity index (χ4v) is 1.51. The van der Waals surface area contributed by atoms with Crippen LogP contribution in [0, 0.1) is 15.9 Å². The number of hydrogen-bond donors (Lipinski definition) is 1. The minimum atomic E-state index is -1.23. The summed E-state index contributed by atoms with van der Waals surface area (Å²) in [6, 6.07) is 2.63. The van der Waals surface area contributed by atoms with Crippen molar-refractivity contribution in [2.24, 2.45) is 0 Å². The van der Waals surface area contributed by atoms with Gasteiger partial charge in [0.15, 0.2) is 0 Å². The van der Waals surface area contributed by atoms with Crippen molar-refractivity contribution in [3.05, 3.63) is 52.3 Å². The van der Waals surface area contributed by atoms with Crippen LogP contribution in [0.1, 0.15) is 10.4 Å². The highest BCUT2D eigenvalue weighted by atomic mass is 19.1. The summed E-state index contributed by atoms with van der Waals surface area (Å²) in [6.07, 6.45) is 1.32. The van der Waals surface area contributed by atoms with Crippen molar-refractivity contribution < 1.29 is 24.0 Å². The third kappa shape index (κ3) is 3.61. The smallest absolute Gasteiger partial charge is 0.323 e. The van der Waals surface area contributed by atoms with Crippen LogP contribution in [-0.4, -0.2) is 39.9 Å². The maximum Gasteiger partial charge on any atom is 0.323 e. The van der Waals surface area contributed by atoms with E-state index in [1.54, 1.807) is 0 Å². The lowest BCUT2D eigenvalue weighted by Gasteiger charge is -2.18. The van der Waals surface area contributed by atoms with Crippen molar-refractivity contribution in [3.8, 4) is 0 Å². The van der Waals surface area contributed by atoms with Crippen LogP contribution in [-0.2, 0) is 4.79 Å². The molecule has 1 N–H and O–H groups in total. The third-order valence-corrected chi connectivity index (χ3v) is 2.35. The number of carbonyl (C=O) groups excluding carboxylic acids is 1. The number of carboxylic acid groups (broad SMARTS) is 1. The number of nitro groups is 1. The number of halogens is 1. The summed E-state index contributed by atoms with van der Waals surface area (Å²) in [6.45, 7) is 2.77. The second-order valence-electron chi connectivity index (χ2n) is 3.79. The zero-order valence-electron chi connectivity index (χ0n) is 10.3. The summed E-state index contributed by atoms with van der Waals surface area (Å²) in [5.41, 5.74) is -0.925. The molecule has 0 aliphatic rings. The Morgan fingerprint density at radius 2 is 2.15 bits per heavy atom. The van der Waals surface area contributed by atoms with Crippen molar-refractivity contribution >= 4 is 17.6 Å². The monoisotopic (exact) mass is 282 g/mol. The first kappa shape index (κ1) is 15.3. The third-order valence-electron chi connectivity index (χ3n) is 2.35. The fraction of sp³-hybridized carbons (Fsp3) is 0.167. The zero-order valence-corrected chi connectivity index (χ0v) is 10.3. The van der Waals surface area contributed by atoms with Gasteiger partial charge in [0.25, 0.3) is 5.91 Å². The van der Waals surface area contributed by atoms with Crippen LogP contribution in [0.4, 0.5) is 10.1 Å². The van der Waals surface area contributed by atoms with Crippen molar-refractivity contribution in [2.75, 3.05) is 13.1 Å². The standard InChI is InChI=1S/C12H11FN2O5/c1-2-5-14(7-11(16)17)12(18)8-3-4-10(15(19)20)9(13)6-8/h2-4,6H,1,5,7H2,(H,16,17). The first-order chi connectivity index (χ1) is 9.36. The molecule has 0 spiro atoms. The quantitative estimate of drug-likeness (QED) is 0.483. The Balaban J connectivity index is 3.05. The zero-order chi connectivity index (χ0) is 15.3. The van der Waals surface area contributed by atoms with E-state index >= 15 is 0 Å². The summed E-state index contributed by atoms with van der Waals surface area (Å²) in [5, 5.41) is 19.2. The summed E-state index contributed by atoms with van der Waals surface area (Å²) in [4.78, 5) is 33.1. The molecule has 0 aliphatic carbocycles. The predicted octanol–water partition coefficient (Wildman–Crippen LogP) is 1.45. The molecule has 0 radical (unpaired) electrons. The summed E-state index contributed by atoms with van der Waals surface area (Å²) < 4.78 is 13.4. The number of nitro benzene ring substituents is 1. The Labute approximate surface area is 113 Å². The van der Waals surface area contributed by atoms with Gasteiger partial charge in [-0.25, -0.2) is 0 Å². The highest BCUT2D eigenvalue weighted by molar-refractivity contribution is 5.96. The number of carboxylic acids is 1. The number of benzene rings is 1. The Kier molecular flexibility index (Phi) is 4.90. The molecule has 0 fully saturated rings. The van der Waals surface area contributed by atoms with Crippen molar-refractivity contribution in [3.63, 3.8) is 0 Å². The fourth-order valence-electron chi connectivity index (χ4n) is 1.51. The van der Waals surface area contributed by atoms with E-state index in [0.717, 1.165) is 17.0 Å². The Morgan fingerprint density at radius 3 is 2.60 bits per heavy atom. The van der Waals surface area contributed by atoms with E-state index in [0.29, 0.717) is 6.07 Å². The van der Waals surface area contributed by atoms with Gasteiger partial charge in [0, 0.05) is 18.2 Å². The van der Waals surface area contributed by atoms with Crippen molar-refractivity contribution in [1.82, 2.24) is 4.90 Å².